The number of rotatable bonds is 6. The van der Waals surface area contributed by atoms with Crippen molar-refractivity contribution in [2.45, 2.75) is 32.0 Å². The molecule has 4 heteroatoms. The van der Waals surface area contributed by atoms with E-state index in [-0.39, 0.29) is 0 Å². The number of imidazole rings is 1. The van der Waals surface area contributed by atoms with Crippen LogP contribution in [0.3, 0.4) is 0 Å². The van der Waals surface area contributed by atoms with Crippen molar-refractivity contribution in [3.05, 3.63) is 12.4 Å². The monoisotopic (exact) mass is 213 g/mol. The van der Waals surface area contributed by atoms with Gasteiger partial charge in [-0.05, 0) is 12.5 Å². The van der Waals surface area contributed by atoms with Crippen molar-refractivity contribution in [1.29, 1.82) is 0 Å². The summed E-state index contributed by atoms with van der Waals surface area (Å²) in [6.45, 7) is 7.68. The molecule has 14 heavy (non-hydrogen) atoms. The minimum Gasteiger partial charge on any atom is -0.340 e. The molecule has 3 nitrogen and oxygen atoms in total. The van der Waals surface area contributed by atoms with Gasteiger partial charge in [0, 0.05) is 24.2 Å². The Morgan fingerprint density at radius 1 is 1.50 bits per heavy atom. The van der Waals surface area contributed by atoms with Crippen molar-refractivity contribution < 1.29 is 0 Å². The van der Waals surface area contributed by atoms with Crippen LogP contribution in [0.4, 0.5) is 0 Å². The van der Waals surface area contributed by atoms with Gasteiger partial charge >= 0.3 is 0 Å². The zero-order valence-corrected chi connectivity index (χ0v) is 9.90. The van der Waals surface area contributed by atoms with Crippen LogP contribution in [0, 0.1) is 5.92 Å². The largest absolute Gasteiger partial charge is 0.340 e. The summed E-state index contributed by atoms with van der Waals surface area (Å²) < 4.78 is 0. The van der Waals surface area contributed by atoms with E-state index in [1.165, 1.54) is 0 Å². The van der Waals surface area contributed by atoms with Crippen LogP contribution in [0.15, 0.2) is 17.6 Å². The third-order valence-corrected chi connectivity index (χ3v) is 3.08. The highest BCUT2D eigenvalue weighted by molar-refractivity contribution is 7.99. The molecule has 1 heterocycles. The third kappa shape index (κ3) is 4.67. The predicted octanol–water partition coefficient (Wildman–Crippen LogP) is 2.14. The smallest absolute Gasteiger partial charge is 0.165 e. The van der Waals surface area contributed by atoms with Gasteiger partial charge in [-0.25, -0.2) is 4.98 Å². The lowest BCUT2D eigenvalue weighted by Crippen LogP contribution is -2.28. The van der Waals surface area contributed by atoms with Crippen molar-refractivity contribution in [2.24, 2.45) is 5.92 Å². The summed E-state index contributed by atoms with van der Waals surface area (Å²) in [5.41, 5.74) is 0. The first-order valence-corrected chi connectivity index (χ1v) is 6.02. The van der Waals surface area contributed by atoms with Crippen molar-refractivity contribution in [2.75, 3.05) is 12.3 Å². The SMILES string of the molecule is CC(CNC(C)C)CSc1ncc[nH]1. The maximum Gasteiger partial charge on any atom is 0.165 e. The average molecular weight is 213 g/mol. The lowest BCUT2D eigenvalue weighted by atomic mass is 10.2. The minimum atomic E-state index is 0.575. The number of aromatic amines is 1. The second-order valence-corrected chi connectivity index (χ2v) is 4.88. The van der Waals surface area contributed by atoms with Crippen molar-refractivity contribution in [3.63, 3.8) is 0 Å². The van der Waals surface area contributed by atoms with E-state index in [0.717, 1.165) is 17.5 Å². The highest BCUT2D eigenvalue weighted by Gasteiger charge is 2.04. The van der Waals surface area contributed by atoms with Crippen LogP contribution in [-0.4, -0.2) is 28.3 Å². The fraction of sp³-hybridized carbons (Fsp3) is 0.700. The first-order valence-electron chi connectivity index (χ1n) is 5.04. The van der Waals surface area contributed by atoms with Gasteiger partial charge in [-0.2, -0.15) is 0 Å². The Kier molecular flexibility index (Phi) is 5.04. The van der Waals surface area contributed by atoms with Crippen LogP contribution >= 0.6 is 11.8 Å². The Morgan fingerprint density at radius 2 is 2.29 bits per heavy atom. The molecular weight excluding hydrogens is 194 g/mol. The van der Waals surface area contributed by atoms with Crippen LogP contribution in [0.5, 0.6) is 0 Å². The summed E-state index contributed by atoms with van der Waals surface area (Å²) >= 11 is 1.78. The second-order valence-electron chi connectivity index (χ2n) is 3.87. The van der Waals surface area contributed by atoms with E-state index in [1.54, 1.807) is 18.0 Å². The molecule has 0 saturated carbocycles. The molecule has 0 bridgehead atoms. The van der Waals surface area contributed by atoms with Gasteiger partial charge in [0.15, 0.2) is 5.16 Å². The van der Waals surface area contributed by atoms with Gasteiger partial charge in [0.05, 0.1) is 0 Å². The summed E-state index contributed by atoms with van der Waals surface area (Å²) in [5, 5.41) is 4.45. The van der Waals surface area contributed by atoms with Crippen LogP contribution < -0.4 is 5.32 Å². The van der Waals surface area contributed by atoms with E-state index < -0.39 is 0 Å². The zero-order valence-electron chi connectivity index (χ0n) is 9.08. The lowest BCUT2D eigenvalue weighted by Gasteiger charge is -2.13. The summed E-state index contributed by atoms with van der Waals surface area (Å²) in [5.74, 6) is 1.78. The lowest BCUT2D eigenvalue weighted by molar-refractivity contribution is 0.510. The Bertz CT molecular complexity index is 234. The second kappa shape index (κ2) is 6.09. The molecule has 0 aliphatic heterocycles. The number of nitrogens with zero attached hydrogens (tertiary/aromatic N) is 1. The van der Waals surface area contributed by atoms with Crippen LogP contribution in [0.2, 0.25) is 0 Å². The number of aromatic nitrogens is 2. The van der Waals surface area contributed by atoms with E-state index >= 15 is 0 Å². The maximum absolute atomic E-state index is 4.17. The molecule has 0 saturated heterocycles. The molecule has 0 amide bonds. The van der Waals surface area contributed by atoms with E-state index in [4.69, 9.17) is 0 Å². The standard InChI is InChI=1S/C10H19N3S/c1-8(2)13-6-9(3)7-14-10-11-4-5-12-10/h4-5,8-9,13H,6-7H2,1-3H3,(H,11,12). The molecule has 0 radical (unpaired) electrons. The minimum absolute atomic E-state index is 0.575. The van der Waals surface area contributed by atoms with E-state index in [1.807, 2.05) is 6.20 Å². The van der Waals surface area contributed by atoms with Gasteiger partial charge < -0.3 is 10.3 Å². The van der Waals surface area contributed by atoms with Gasteiger partial charge in [-0.1, -0.05) is 32.5 Å². The van der Waals surface area contributed by atoms with Crippen molar-refractivity contribution in [1.82, 2.24) is 15.3 Å². The molecule has 0 spiro atoms. The molecular formula is C10H19N3S. The molecule has 1 aromatic rings. The van der Waals surface area contributed by atoms with Crippen LogP contribution in [-0.2, 0) is 0 Å². The van der Waals surface area contributed by atoms with Gasteiger partial charge in [-0.3, -0.25) is 0 Å². The first kappa shape index (κ1) is 11.6. The molecule has 0 aliphatic carbocycles. The molecule has 1 rings (SSSR count). The van der Waals surface area contributed by atoms with E-state index in [0.29, 0.717) is 12.0 Å². The highest BCUT2D eigenvalue weighted by Crippen LogP contribution is 2.15. The first-order chi connectivity index (χ1) is 6.68. The zero-order chi connectivity index (χ0) is 10.4. The van der Waals surface area contributed by atoms with Gasteiger partial charge in [0.1, 0.15) is 0 Å². The summed E-state index contributed by atoms with van der Waals surface area (Å²) in [6, 6.07) is 0.575. The number of hydrogen-bond acceptors (Lipinski definition) is 3. The Hall–Kier alpha value is -0.480. The van der Waals surface area contributed by atoms with Crippen molar-refractivity contribution >= 4 is 11.8 Å². The number of nitrogens with one attached hydrogen (secondary N) is 2. The van der Waals surface area contributed by atoms with E-state index in [2.05, 4.69) is 36.1 Å². The fourth-order valence-electron chi connectivity index (χ4n) is 1.05. The molecule has 80 valence electrons. The number of thioether (sulfide) groups is 1. The van der Waals surface area contributed by atoms with Crippen molar-refractivity contribution in [3.8, 4) is 0 Å². The van der Waals surface area contributed by atoms with Gasteiger partial charge in [0.25, 0.3) is 0 Å². The highest BCUT2D eigenvalue weighted by atomic mass is 32.2. The molecule has 2 N–H and O–H groups in total. The average Bonchev–Trinajstić information content (AvgIpc) is 2.63. The fourth-order valence-corrected chi connectivity index (χ4v) is 1.89. The number of hydrogen-bond donors (Lipinski definition) is 2. The normalized spacial score (nSPS) is 13.4. The Balaban J connectivity index is 2.12. The quantitative estimate of drug-likeness (QED) is 0.711. The molecule has 1 atom stereocenters. The molecule has 1 unspecified atom stereocenters. The van der Waals surface area contributed by atoms with Gasteiger partial charge in [-0.15, -0.1) is 0 Å². The van der Waals surface area contributed by atoms with Crippen LogP contribution in [0.1, 0.15) is 20.8 Å². The molecule has 0 aliphatic rings. The summed E-state index contributed by atoms with van der Waals surface area (Å²) in [4.78, 5) is 7.26. The van der Waals surface area contributed by atoms with Crippen LogP contribution in [0.25, 0.3) is 0 Å². The van der Waals surface area contributed by atoms with Gasteiger partial charge in [0.2, 0.25) is 0 Å². The number of H-pyrrole nitrogens is 1. The molecule has 0 aromatic carbocycles. The molecule has 1 aromatic heterocycles. The Morgan fingerprint density at radius 3 is 2.86 bits per heavy atom. The maximum atomic E-state index is 4.17. The summed E-state index contributed by atoms with van der Waals surface area (Å²) in [7, 11) is 0. The Labute approximate surface area is 90.1 Å². The third-order valence-electron chi connectivity index (χ3n) is 1.85. The predicted molar refractivity (Wildman–Crippen MR) is 61.6 cm³/mol. The topological polar surface area (TPSA) is 40.7 Å². The summed E-state index contributed by atoms with van der Waals surface area (Å²) in [6.07, 6.45) is 3.65. The molecule has 0 fully saturated rings. The van der Waals surface area contributed by atoms with E-state index in [9.17, 15) is 0 Å².